The van der Waals surface area contributed by atoms with Gasteiger partial charge in [0.25, 0.3) is 0 Å². The Kier molecular flexibility index (Phi) is 19.6. The summed E-state index contributed by atoms with van der Waals surface area (Å²) in [6.45, 7) is 3.60. The summed E-state index contributed by atoms with van der Waals surface area (Å²) in [4.78, 5) is 46.1. The fraction of sp³-hybridized carbons (Fsp3) is 0.826. The third kappa shape index (κ3) is 19.4. The zero-order valence-corrected chi connectivity index (χ0v) is 22.2. The Morgan fingerprint density at radius 2 is 1.40 bits per heavy atom. The Morgan fingerprint density at radius 1 is 0.771 bits per heavy atom. The highest BCUT2D eigenvalue weighted by Gasteiger charge is 2.16. The zero-order valence-electron chi connectivity index (χ0n) is 20.6. The molecule has 1 aliphatic rings. The predicted octanol–water partition coefficient (Wildman–Crippen LogP) is 2.67. The van der Waals surface area contributed by atoms with Crippen LogP contribution in [0.15, 0.2) is 0 Å². The molecule has 0 spiro atoms. The third-order valence-electron chi connectivity index (χ3n) is 4.77. The van der Waals surface area contributed by atoms with Crippen molar-refractivity contribution in [3.05, 3.63) is 0 Å². The quantitative estimate of drug-likeness (QED) is 0.100. The topological polar surface area (TPSA) is 126 Å². The number of esters is 3. The van der Waals surface area contributed by atoms with Crippen molar-refractivity contribution in [1.82, 2.24) is 5.32 Å². The number of amides is 1. The molecule has 0 aromatic rings. The van der Waals surface area contributed by atoms with Crippen LogP contribution in [0.1, 0.15) is 58.3 Å². The maximum absolute atomic E-state index is 11.8. The molecular formula is C23H39NO9S2. The number of unbranched alkanes of at least 4 members (excludes halogenated alkanes) is 1. The molecule has 0 aliphatic carbocycles. The van der Waals surface area contributed by atoms with Crippen molar-refractivity contribution in [1.29, 1.82) is 0 Å². The van der Waals surface area contributed by atoms with Crippen molar-refractivity contribution < 1.29 is 42.9 Å². The van der Waals surface area contributed by atoms with E-state index in [1.807, 2.05) is 21.6 Å². The molecule has 1 rings (SSSR count). The molecule has 12 heteroatoms. The summed E-state index contributed by atoms with van der Waals surface area (Å²) >= 11 is 0. The Hall–Kier alpha value is -1.50. The molecule has 1 atom stereocenters. The number of rotatable bonds is 21. The van der Waals surface area contributed by atoms with Crippen LogP contribution in [0.25, 0.3) is 0 Å². The van der Waals surface area contributed by atoms with E-state index in [0.29, 0.717) is 51.1 Å². The monoisotopic (exact) mass is 537 g/mol. The van der Waals surface area contributed by atoms with E-state index in [0.717, 1.165) is 19.3 Å². The zero-order chi connectivity index (χ0) is 25.6. The van der Waals surface area contributed by atoms with E-state index in [-0.39, 0.29) is 50.5 Å². The maximum atomic E-state index is 11.8. The largest absolute Gasteiger partial charge is 0.463 e. The first-order valence-electron chi connectivity index (χ1n) is 12.2. The van der Waals surface area contributed by atoms with Gasteiger partial charge < -0.3 is 29.0 Å². The van der Waals surface area contributed by atoms with Crippen LogP contribution in [0.3, 0.4) is 0 Å². The summed E-state index contributed by atoms with van der Waals surface area (Å²) in [5.74, 6) is -0.111. The summed E-state index contributed by atoms with van der Waals surface area (Å²) < 4.78 is 25.5. The number of hydrogen-bond acceptors (Lipinski definition) is 11. The van der Waals surface area contributed by atoms with Crippen molar-refractivity contribution in [2.24, 2.45) is 0 Å². The molecule has 0 bridgehead atoms. The highest BCUT2D eigenvalue weighted by Crippen LogP contribution is 2.39. The number of carbonyl (C=O) groups is 4. The molecule has 1 unspecified atom stereocenters. The molecule has 0 saturated carbocycles. The summed E-state index contributed by atoms with van der Waals surface area (Å²) in [6.07, 6.45) is 4.90. The van der Waals surface area contributed by atoms with Gasteiger partial charge in [-0.15, -0.1) is 0 Å². The van der Waals surface area contributed by atoms with Crippen LogP contribution in [-0.2, 0) is 42.9 Å². The van der Waals surface area contributed by atoms with Crippen molar-refractivity contribution in [3.8, 4) is 0 Å². The van der Waals surface area contributed by atoms with E-state index in [1.165, 1.54) is 12.2 Å². The highest BCUT2D eigenvalue weighted by molar-refractivity contribution is 8.77. The number of ether oxygens (including phenoxy) is 5. The van der Waals surface area contributed by atoms with Crippen LogP contribution in [0.5, 0.6) is 0 Å². The Morgan fingerprint density at radius 3 is 2.09 bits per heavy atom. The first-order chi connectivity index (χ1) is 17.0. The molecule has 10 nitrogen and oxygen atoms in total. The van der Waals surface area contributed by atoms with Gasteiger partial charge in [0, 0.05) is 36.8 Å². The molecule has 1 heterocycles. The molecule has 1 N–H and O–H groups in total. The molecule has 1 amide bonds. The molecule has 35 heavy (non-hydrogen) atoms. The van der Waals surface area contributed by atoms with E-state index in [4.69, 9.17) is 23.7 Å². The molecule has 1 saturated heterocycles. The highest BCUT2D eigenvalue weighted by atomic mass is 33.1. The first kappa shape index (κ1) is 31.5. The lowest BCUT2D eigenvalue weighted by molar-refractivity contribution is -0.152. The smallest absolute Gasteiger partial charge is 0.306 e. The molecular weight excluding hydrogens is 498 g/mol. The van der Waals surface area contributed by atoms with Crippen LogP contribution >= 0.6 is 21.6 Å². The number of hydrogen-bond donors (Lipinski definition) is 1. The van der Waals surface area contributed by atoms with Crippen LogP contribution in [0.2, 0.25) is 0 Å². The number of nitrogens with one attached hydrogen (secondary N) is 1. The standard InChI is InChI=1S/C23H39NO9S2/c1-2-21(26)31-15-14-30-13-12-29-11-10-24-20(25)7-8-23(28)33-17-16-32-22(27)6-4-3-5-19-9-18-34-35-19/h19H,2-18H2,1H3,(H,24,25). The fourth-order valence-electron chi connectivity index (χ4n) is 2.87. The molecule has 1 aliphatic heterocycles. The van der Waals surface area contributed by atoms with Crippen molar-refractivity contribution in [3.63, 3.8) is 0 Å². The second kappa shape index (κ2) is 21.8. The van der Waals surface area contributed by atoms with E-state index in [2.05, 4.69) is 5.32 Å². The van der Waals surface area contributed by atoms with Crippen molar-refractivity contribution >= 4 is 45.4 Å². The summed E-state index contributed by atoms with van der Waals surface area (Å²) in [5, 5.41) is 3.37. The minimum absolute atomic E-state index is 0.00992. The summed E-state index contributed by atoms with van der Waals surface area (Å²) in [7, 11) is 3.86. The molecule has 0 aromatic carbocycles. The molecule has 0 radical (unpaired) electrons. The average Bonchev–Trinajstić information content (AvgIpc) is 3.37. The second-order valence-corrected chi connectivity index (χ2v) is 10.5. The van der Waals surface area contributed by atoms with Crippen molar-refractivity contribution in [2.45, 2.75) is 63.5 Å². The molecule has 1 fully saturated rings. The van der Waals surface area contributed by atoms with Gasteiger partial charge in [-0.1, -0.05) is 34.9 Å². The normalized spacial score (nSPS) is 14.9. The van der Waals surface area contributed by atoms with Gasteiger partial charge >= 0.3 is 17.9 Å². The van der Waals surface area contributed by atoms with Crippen LogP contribution in [0.4, 0.5) is 0 Å². The predicted molar refractivity (Wildman–Crippen MR) is 134 cm³/mol. The summed E-state index contributed by atoms with van der Waals surface area (Å²) in [6, 6.07) is 0. The molecule has 0 aromatic heterocycles. The van der Waals surface area contributed by atoms with Gasteiger partial charge in [0.1, 0.15) is 19.8 Å². The summed E-state index contributed by atoms with van der Waals surface area (Å²) in [5.41, 5.74) is 0. The minimum atomic E-state index is -0.513. The van der Waals surface area contributed by atoms with E-state index < -0.39 is 5.97 Å². The lowest BCUT2D eigenvalue weighted by atomic mass is 10.1. The lowest BCUT2D eigenvalue weighted by Gasteiger charge is -2.09. The van der Waals surface area contributed by atoms with Gasteiger partial charge in [0.2, 0.25) is 5.91 Å². The Labute approximate surface area is 215 Å². The Balaban J connectivity index is 1.84. The second-order valence-electron chi connectivity index (χ2n) is 7.66. The van der Waals surface area contributed by atoms with Crippen molar-refractivity contribution in [2.75, 3.05) is 58.5 Å². The molecule has 202 valence electrons. The van der Waals surface area contributed by atoms with Gasteiger partial charge in [-0.25, -0.2) is 0 Å². The minimum Gasteiger partial charge on any atom is -0.463 e. The van der Waals surface area contributed by atoms with E-state index in [1.54, 1.807) is 6.92 Å². The maximum Gasteiger partial charge on any atom is 0.306 e. The van der Waals surface area contributed by atoms with E-state index >= 15 is 0 Å². The van der Waals surface area contributed by atoms with E-state index in [9.17, 15) is 19.2 Å². The fourth-order valence-corrected chi connectivity index (χ4v) is 5.89. The Bertz CT molecular complexity index is 616. The first-order valence-corrected chi connectivity index (χ1v) is 14.6. The van der Waals surface area contributed by atoms with Crippen LogP contribution < -0.4 is 5.32 Å². The lowest BCUT2D eigenvalue weighted by Crippen LogP contribution is -2.28. The van der Waals surface area contributed by atoms with Gasteiger partial charge in [-0.05, 0) is 19.3 Å². The van der Waals surface area contributed by atoms with Crippen LogP contribution in [-0.4, -0.2) is 87.6 Å². The van der Waals surface area contributed by atoms with Gasteiger partial charge in [-0.3, -0.25) is 19.2 Å². The SMILES string of the molecule is CCC(=O)OCCOCCOCCNC(=O)CCC(=O)OCCOC(=O)CCCCC1CCSS1. The average molecular weight is 538 g/mol. The van der Waals surface area contributed by atoms with Gasteiger partial charge in [0.15, 0.2) is 0 Å². The number of carbonyl (C=O) groups excluding carboxylic acids is 4. The van der Waals surface area contributed by atoms with Crippen LogP contribution in [0, 0.1) is 0 Å². The third-order valence-corrected chi connectivity index (χ3v) is 7.78. The van der Waals surface area contributed by atoms with Gasteiger partial charge in [0.05, 0.1) is 32.8 Å². The van der Waals surface area contributed by atoms with Gasteiger partial charge in [-0.2, -0.15) is 0 Å².